The minimum absolute atomic E-state index is 1.11. The number of aromatic nitrogens is 2. The van der Waals surface area contributed by atoms with E-state index in [0.29, 0.717) is 0 Å². The minimum Gasteiger partial charge on any atom is -0.354 e. The Balaban J connectivity index is 1.49. The third kappa shape index (κ3) is 1.35. The highest BCUT2D eigenvalue weighted by Gasteiger charge is 2.39. The molecule has 0 amide bonds. The van der Waals surface area contributed by atoms with Crippen LogP contribution in [0.4, 0.5) is 0 Å². The molecule has 3 aliphatic carbocycles. The second-order valence-corrected chi connectivity index (χ2v) is 7.54. The summed E-state index contributed by atoms with van der Waals surface area (Å²) >= 11 is 0. The SMILES string of the molecule is c1ccc2c3c([nH]c2c1)C1=C(CC2=C1c1[nH]c4ccccc4c1C2)C3. The number of allylic oxidation sites excluding steroid dienone is 4. The molecule has 2 aromatic carbocycles. The number of hydrogen-bond donors (Lipinski definition) is 2. The van der Waals surface area contributed by atoms with Gasteiger partial charge in [0.25, 0.3) is 0 Å². The first-order valence-electron chi connectivity index (χ1n) is 9.03. The number of fused-ring (bicyclic) bond motifs is 9. The van der Waals surface area contributed by atoms with Gasteiger partial charge in [-0.1, -0.05) is 47.5 Å². The molecule has 2 N–H and O–H groups in total. The van der Waals surface area contributed by atoms with E-state index in [9.17, 15) is 0 Å². The number of H-pyrrole nitrogens is 2. The van der Waals surface area contributed by atoms with Crippen molar-refractivity contribution < 1.29 is 0 Å². The van der Waals surface area contributed by atoms with Gasteiger partial charge in [0, 0.05) is 33.0 Å². The van der Waals surface area contributed by atoms with E-state index in [1.165, 1.54) is 55.5 Å². The maximum Gasteiger partial charge on any atom is 0.0507 e. The third-order valence-electron chi connectivity index (χ3n) is 6.29. The first-order valence-corrected chi connectivity index (χ1v) is 9.03. The van der Waals surface area contributed by atoms with E-state index in [4.69, 9.17) is 0 Å². The normalized spacial score (nSPS) is 17.6. The molecule has 0 saturated heterocycles. The van der Waals surface area contributed by atoms with Gasteiger partial charge in [-0.15, -0.1) is 0 Å². The van der Waals surface area contributed by atoms with Gasteiger partial charge in [0.2, 0.25) is 0 Å². The van der Waals surface area contributed by atoms with Crippen molar-refractivity contribution in [2.24, 2.45) is 0 Å². The quantitative estimate of drug-likeness (QED) is 0.436. The van der Waals surface area contributed by atoms with Crippen LogP contribution in [-0.2, 0) is 12.8 Å². The molecule has 7 rings (SSSR count). The molecular formula is C23H16N2. The molecule has 0 spiro atoms. The van der Waals surface area contributed by atoms with Gasteiger partial charge >= 0.3 is 0 Å². The summed E-state index contributed by atoms with van der Waals surface area (Å²) < 4.78 is 0. The molecule has 0 bridgehead atoms. The van der Waals surface area contributed by atoms with Gasteiger partial charge < -0.3 is 9.97 Å². The van der Waals surface area contributed by atoms with Crippen LogP contribution in [0.25, 0.3) is 33.0 Å². The second kappa shape index (κ2) is 3.97. The summed E-state index contributed by atoms with van der Waals surface area (Å²) in [5.41, 5.74) is 14.5. The molecule has 25 heavy (non-hydrogen) atoms. The van der Waals surface area contributed by atoms with E-state index in [1.807, 2.05) is 0 Å². The molecular weight excluding hydrogens is 304 g/mol. The predicted octanol–water partition coefficient (Wildman–Crippen LogP) is 5.37. The lowest BCUT2D eigenvalue weighted by atomic mass is 10.0. The average molecular weight is 320 g/mol. The van der Waals surface area contributed by atoms with Crippen LogP contribution in [0.3, 0.4) is 0 Å². The maximum absolute atomic E-state index is 3.72. The van der Waals surface area contributed by atoms with Gasteiger partial charge in [0.15, 0.2) is 0 Å². The van der Waals surface area contributed by atoms with Crippen LogP contribution in [-0.4, -0.2) is 9.97 Å². The highest BCUT2D eigenvalue weighted by atomic mass is 14.8. The fraction of sp³-hybridized carbons (Fsp3) is 0.130. The van der Waals surface area contributed by atoms with Crippen LogP contribution in [0.5, 0.6) is 0 Å². The van der Waals surface area contributed by atoms with E-state index < -0.39 is 0 Å². The Bertz CT molecular complexity index is 1200. The van der Waals surface area contributed by atoms with Crippen molar-refractivity contribution in [2.75, 3.05) is 0 Å². The molecule has 4 aromatic rings. The van der Waals surface area contributed by atoms with E-state index in [-0.39, 0.29) is 0 Å². The lowest BCUT2D eigenvalue weighted by Gasteiger charge is -2.04. The van der Waals surface area contributed by atoms with Crippen LogP contribution >= 0.6 is 0 Å². The van der Waals surface area contributed by atoms with Gasteiger partial charge in [-0.3, -0.25) is 0 Å². The van der Waals surface area contributed by atoms with Crippen molar-refractivity contribution in [2.45, 2.75) is 19.3 Å². The summed E-state index contributed by atoms with van der Waals surface area (Å²) in [5.74, 6) is 0. The molecule has 3 aliphatic rings. The van der Waals surface area contributed by atoms with E-state index in [2.05, 4.69) is 58.5 Å². The standard InChI is InChI=1S/C23H16N2/c1-3-7-18-14(5-1)16-10-12-9-13-11-17-15-6-2-4-8-19(15)25-23(17)21(13)20(12)22(16)24-18/h1-8,24-25H,9-11H2. The van der Waals surface area contributed by atoms with Gasteiger partial charge in [0.05, 0.1) is 11.4 Å². The van der Waals surface area contributed by atoms with Crippen molar-refractivity contribution in [3.63, 3.8) is 0 Å². The molecule has 0 fully saturated rings. The minimum atomic E-state index is 1.11. The number of benzene rings is 2. The van der Waals surface area contributed by atoms with Crippen molar-refractivity contribution >= 4 is 33.0 Å². The molecule has 0 unspecified atom stereocenters. The Kier molecular flexibility index (Phi) is 1.97. The lowest BCUT2D eigenvalue weighted by molar-refractivity contribution is 1.03. The number of aromatic amines is 2. The summed E-state index contributed by atoms with van der Waals surface area (Å²) in [6.07, 6.45) is 3.37. The Hall–Kier alpha value is -3.00. The summed E-state index contributed by atoms with van der Waals surface area (Å²) in [7, 11) is 0. The van der Waals surface area contributed by atoms with Crippen molar-refractivity contribution in [3.05, 3.63) is 82.2 Å². The van der Waals surface area contributed by atoms with Gasteiger partial charge in [0.1, 0.15) is 0 Å². The first-order chi connectivity index (χ1) is 12.4. The number of nitrogens with one attached hydrogen (secondary N) is 2. The average Bonchev–Trinajstić information content (AvgIpc) is 3.37. The summed E-state index contributed by atoms with van der Waals surface area (Å²) in [6, 6.07) is 17.4. The molecule has 2 heteroatoms. The molecule has 2 aromatic heterocycles. The smallest absolute Gasteiger partial charge is 0.0507 e. The van der Waals surface area contributed by atoms with Gasteiger partial charge in [-0.25, -0.2) is 0 Å². The lowest BCUT2D eigenvalue weighted by Crippen LogP contribution is -1.88. The summed E-state index contributed by atoms with van der Waals surface area (Å²) in [5, 5.41) is 2.79. The molecule has 0 saturated carbocycles. The number of rotatable bonds is 0. The predicted molar refractivity (Wildman–Crippen MR) is 102 cm³/mol. The topological polar surface area (TPSA) is 31.6 Å². The zero-order valence-electron chi connectivity index (χ0n) is 13.7. The Morgan fingerprint density at radius 1 is 0.560 bits per heavy atom. The van der Waals surface area contributed by atoms with Crippen molar-refractivity contribution in [1.29, 1.82) is 0 Å². The fourth-order valence-electron chi connectivity index (χ4n) is 5.31. The monoisotopic (exact) mass is 320 g/mol. The maximum atomic E-state index is 3.72. The highest BCUT2D eigenvalue weighted by Crippen LogP contribution is 2.56. The fourth-order valence-corrected chi connectivity index (χ4v) is 5.31. The van der Waals surface area contributed by atoms with Crippen LogP contribution in [0.15, 0.2) is 59.7 Å². The highest BCUT2D eigenvalue weighted by molar-refractivity contribution is 6.16. The van der Waals surface area contributed by atoms with Gasteiger partial charge in [-0.05, 0) is 42.5 Å². The molecule has 0 atom stereocenters. The molecule has 0 radical (unpaired) electrons. The Morgan fingerprint density at radius 2 is 1.04 bits per heavy atom. The molecule has 0 aliphatic heterocycles. The van der Waals surface area contributed by atoms with Crippen LogP contribution in [0.2, 0.25) is 0 Å². The third-order valence-corrected chi connectivity index (χ3v) is 6.29. The Labute approximate surface area is 144 Å². The number of para-hydroxylation sites is 2. The van der Waals surface area contributed by atoms with Crippen molar-refractivity contribution in [1.82, 2.24) is 9.97 Å². The zero-order chi connectivity index (χ0) is 16.1. The largest absolute Gasteiger partial charge is 0.354 e. The van der Waals surface area contributed by atoms with E-state index >= 15 is 0 Å². The molecule has 2 heterocycles. The Morgan fingerprint density at radius 3 is 1.56 bits per heavy atom. The van der Waals surface area contributed by atoms with E-state index in [0.717, 1.165) is 19.3 Å². The van der Waals surface area contributed by atoms with Crippen molar-refractivity contribution in [3.8, 4) is 0 Å². The number of hydrogen-bond acceptors (Lipinski definition) is 0. The van der Waals surface area contributed by atoms with E-state index in [1.54, 1.807) is 11.1 Å². The van der Waals surface area contributed by atoms with Crippen LogP contribution in [0.1, 0.15) is 28.9 Å². The van der Waals surface area contributed by atoms with Crippen LogP contribution in [0, 0.1) is 0 Å². The van der Waals surface area contributed by atoms with Crippen LogP contribution < -0.4 is 0 Å². The molecule has 118 valence electrons. The summed E-state index contributed by atoms with van der Waals surface area (Å²) in [4.78, 5) is 7.44. The zero-order valence-corrected chi connectivity index (χ0v) is 13.7. The van der Waals surface area contributed by atoms with Gasteiger partial charge in [-0.2, -0.15) is 0 Å². The molecule has 2 nitrogen and oxygen atoms in total. The second-order valence-electron chi connectivity index (χ2n) is 7.54. The summed E-state index contributed by atoms with van der Waals surface area (Å²) in [6.45, 7) is 0. The first kappa shape index (κ1) is 12.4.